The number of methoxy groups -OCH3 is 2. The van der Waals surface area contributed by atoms with Gasteiger partial charge in [0.1, 0.15) is 11.5 Å². The van der Waals surface area contributed by atoms with Crippen LogP contribution in [0.3, 0.4) is 0 Å². The molecule has 4 aliphatic carbocycles. The van der Waals surface area contributed by atoms with Gasteiger partial charge in [-0.05, 0) is 80.1 Å². The van der Waals surface area contributed by atoms with Gasteiger partial charge in [-0.3, -0.25) is 4.79 Å². The van der Waals surface area contributed by atoms with Gasteiger partial charge in [-0.15, -0.1) is 0 Å². The van der Waals surface area contributed by atoms with Crippen molar-refractivity contribution in [1.82, 2.24) is 0 Å². The second kappa shape index (κ2) is 5.94. The summed E-state index contributed by atoms with van der Waals surface area (Å²) in [5, 5.41) is 0. The van der Waals surface area contributed by atoms with Crippen LogP contribution in [0.2, 0.25) is 0 Å². The first kappa shape index (κ1) is 15.7. The Kier molecular flexibility index (Phi) is 3.90. The second-order valence-corrected chi connectivity index (χ2v) is 8.04. The highest BCUT2D eigenvalue weighted by molar-refractivity contribution is 5.98. The van der Waals surface area contributed by atoms with Crippen LogP contribution in [-0.2, 0) is 4.79 Å². The van der Waals surface area contributed by atoms with E-state index in [9.17, 15) is 4.79 Å². The summed E-state index contributed by atoms with van der Waals surface area (Å²) in [6, 6.07) is 5.72. The molecule has 4 aliphatic rings. The Morgan fingerprint density at radius 2 is 1.46 bits per heavy atom. The smallest absolute Gasteiger partial charge is 0.161 e. The van der Waals surface area contributed by atoms with E-state index in [4.69, 9.17) is 9.47 Å². The van der Waals surface area contributed by atoms with Crippen molar-refractivity contribution in [3.05, 3.63) is 29.8 Å². The first-order valence-corrected chi connectivity index (χ1v) is 9.06. The van der Waals surface area contributed by atoms with Crippen LogP contribution in [0.1, 0.15) is 44.1 Å². The summed E-state index contributed by atoms with van der Waals surface area (Å²) in [6.45, 7) is 0. The van der Waals surface area contributed by atoms with Crippen molar-refractivity contribution >= 4 is 11.9 Å². The van der Waals surface area contributed by atoms with E-state index < -0.39 is 0 Å². The molecule has 0 spiro atoms. The van der Waals surface area contributed by atoms with E-state index in [-0.39, 0.29) is 5.41 Å². The molecule has 0 heterocycles. The molecule has 0 amide bonds. The van der Waals surface area contributed by atoms with E-state index in [1.807, 2.05) is 24.3 Å². The van der Waals surface area contributed by atoms with Crippen LogP contribution in [0.5, 0.6) is 11.5 Å². The highest BCUT2D eigenvalue weighted by atomic mass is 16.5. The van der Waals surface area contributed by atoms with Gasteiger partial charge in [-0.1, -0.05) is 6.08 Å². The lowest BCUT2D eigenvalue weighted by Gasteiger charge is -2.55. The average Bonchev–Trinajstić information content (AvgIpc) is 2.58. The number of hydrogen-bond acceptors (Lipinski definition) is 3. The second-order valence-electron chi connectivity index (χ2n) is 8.04. The Balaban J connectivity index is 1.55. The maximum atomic E-state index is 13.0. The Morgan fingerprint density at radius 1 is 0.958 bits per heavy atom. The lowest BCUT2D eigenvalue weighted by atomic mass is 9.48. The van der Waals surface area contributed by atoms with Crippen LogP contribution in [-0.4, -0.2) is 20.0 Å². The topological polar surface area (TPSA) is 35.5 Å². The molecule has 24 heavy (non-hydrogen) atoms. The number of allylic oxidation sites excluding steroid dienone is 1. The molecule has 0 atom stereocenters. The quantitative estimate of drug-likeness (QED) is 0.747. The highest BCUT2D eigenvalue weighted by Crippen LogP contribution is 2.60. The van der Waals surface area contributed by atoms with Crippen molar-refractivity contribution < 1.29 is 14.3 Å². The monoisotopic (exact) mass is 326 g/mol. The average molecular weight is 326 g/mol. The molecule has 3 nitrogen and oxygen atoms in total. The first-order valence-electron chi connectivity index (χ1n) is 9.06. The van der Waals surface area contributed by atoms with E-state index in [0.717, 1.165) is 54.1 Å². The Morgan fingerprint density at radius 3 is 1.92 bits per heavy atom. The van der Waals surface area contributed by atoms with Gasteiger partial charge in [0.25, 0.3) is 0 Å². The lowest BCUT2D eigenvalue weighted by molar-refractivity contribution is -0.138. The molecular formula is C21H26O3. The Bertz CT molecular complexity index is 616. The van der Waals surface area contributed by atoms with Crippen molar-refractivity contribution in [2.24, 2.45) is 23.2 Å². The molecule has 1 aromatic carbocycles. The zero-order valence-electron chi connectivity index (χ0n) is 14.6. The van der Waals surface area contributed by atoms with Gasteiger partial charge in [0.05, 0.1) is 14.2 Å². The molecule has 0 aromatic heterocycles. The van der Waals surface area contributed by atoms with Crippen molar-refractivity contribution in [2.75, 3.05) is 14.2 Å². The summed E-state index contributed by atoms with van der Waals surface area (Å²) >= 11 is 0. The lowest BCUT2D eigenvalue weighted by Crippen LogP contribution is -2.49. The number of rotatable bonds is 5. The maximum absolute atomic E-state index is 13.0. The number of benzene rings is 1. The molecule has 0 saturated heterocycles. The summed E-state index contributed by atoms with van der Waals surface area (Å²) in [6.07, 6.45) is 11.2. The third-order valence-electron chi connectivity index (χ3n) is 6.36. The van der Waals surface area contributed by atoms with Crippen LogP contribution in [0.25, 0.3) is 6.08 Å². The van der Waals surface area contributed by atoms with Gasteiger partial charge in [0.2, 0.25) is 0 Å². The van der Waals surface area contributed by atoms with E-state index in [1.54, 1.807) is 20.3 Å². The molecule has 1 aromatic rings. The molecule has 0 aliphatic heterocycles. The van der Waals surface area contributed by atoms with Gasteiger partial charge in [0.15, 0.2) is 5.78 Å². The minimum atomic E-state index is -0.0613. The molecule has 4 bridgehead atoms. The number of ether oxygens (including phenoxy) is 2. The Hall–Kier alpha value is -1.77. The molecule has 0 unspecified atom stereocenters. The van der Waals surface area contributed by atoms with E-state index in [1.165, 1.54) is 19.3 Å². The van der Waals surface area contributed by atoms with Gasteiger partial charge < -0.3 is 9.47 Å². The minimum absolute atomic E-state index is 0.0613. The third kappa shape index (κ3) is 2.74. The fourth-order valence-electron chi connectivity index (χ4n) is 5.69. The molecule has 5 rings (SSSR count). The van der Waals surface area contributed by atoms with Crippen LogP contribution in [0, 0.1) is 23.2 Å². The number of ketones is 1. The van der Waals surface area contributed by atoms with Gasteiger partial charge in [-0.25, -0.2) is 0 Å². The summed E-state index contributed by atoms with van der Waals surface area (Å²) in [5.74, 6) is 4.22. The predicted octanol–water partition coefficient (Wildman–Crippen LogP) is 4.50. The molecule has 0 radical (unpaired) electrons. The number of carbonyl (C=O) groups is 1. The number of hydrogen-bond donors (Lipinski definition) is 0. The van der Waals surface area contributed by atoms with Gasteiger partial charge in [0, 0.05) is 11.5 Å². The van der Waals surface area contributed by atoms with Gasteiger partial charge >= 0.3 is 0 Å². The summed E-state index contributed by atoms with van der Waals surface area (Å²) in [5.41, 5.74) is 0.887. The summed E-state index contributed by atoms with van der Waals surface area (Å²) in [7, 11) is 3.28. The Labute approximate surface area is 144 Å². The van der Waals surface area contributed by atoms with Crippen molar-refractivity contribution in [3.8, 4) is 11.5 Å². The van der Waals surface area contributed by atoms with Crippen LogP contribution < -0.4 is 9.47 Å². The molecule has 0 N–H and O–H groups in total. The standard InChI is InChI=1S/C21H26O3/c1-23-18-8-14(9-19(10-18)24-2)3-4-20(22)21-11-15-5-16(12-21)7-17(6-15)13-21/h3-4,8-10,15-17H,5-7,11-13H2,1-2H3/b4-3+. The van der Waals surface area contributed by atoms with Gasteiger partial charge in [-0.2, -0.15) is 0 Å². The fraction of sp³-hybridized carbons (Fsp3) is 0.571. The first-order chi connectivity index (χ1) is 11.6. The minimum Gasteiger partial charge on any atom is -0.497 e. The van der Waals surface area contributed by atoms with Crippen molar-refractivity contribution in [1.29, 1.82) is 0 Å². The SMILES string of the molecule is COc1cc(/C=C/C(=O)C23CC4CC(CC(C4)C2)C3)cc(OC)c1. The third-order valence-corrected chi connectivity index (χ3v) is 6.36. The van der Waals surface area contributed by atoms with E-state index in [0.29, 0.717) is 5.78 Å². The van der Waals surface area contributed by atoms with Crippen molar-refractivity contribution in [3.63, 3.8) is 0 Å². The van der Waals surface area contributed by atoms with E-state index in [2.05, 4.69) is 0 Å². The van der Waals surface area contributed by atoms with E-state index >= 15 is 0 Å². The molecular weight excluding hydrogens is 300 g/mol. The summed E-state index contributed by atoms with van der Waals surface area (Å²) in [4.78, 5) is 13.0. The molecule has 4 fully saturated rings. The van der Waals surface area contributed by atoms with Crippen molar-refractivity contribution in [2.45, 2.75) is 38.5 Å². The largest absolute Gasteiger partial charge is 0.497 e. The fourth-order valence-corrected chi connectivity index (χ4v) is 5.69. The molecule has 3 heteroatoms. The predicted molar refractivity (Wildman–Crippen MR) is 94.2 cm³/mol. The molecule has 4 saturated carbocycles. The summed E-state index contributed by atoms with van der Waals surface area (Å²) < 4.78 is 10.6. The number of carbonyl (C=O) groups excluding carboxylic acids is 1. The van der Waals surface area contributed by atoms with Crippen LogP contribution >= 0.6 is 0 Å². The van der Waals surface area contributed by atoms with Crippen LogP contribution in [0.15, 0.2) is 24.3 Å². The maximum Gasteiger partial charge on any atom is 0.161 e. The molecule has 128 valence electrons. The highest BCUT2D eigenvalue weighted by Gasteiger charge is 2.53. The zero-order valence-corrected chi connectivity index (χ0v) is 14.6. The zero-order chi connectivity index (χ0) is 16.7. The normalized spacial score (nSPS) is 33.8. The van der Waals surface area contributed by atoms with Crippen LogP contribution in [0.4, 0.5) is 0 Å².